The number of primary amides is 1. The molecule has 0 radical (unpaired) electrons. The highest BCUT2D eigenvalue weighted by molar-refractivity contribution is 5.95. The van der Waals surface area contributed by atoms with E-state index < -0.39 is 11.8 Å². The van der Waals surface area contributed by atoms with Crippen LogP contribution in [0.4, 0.5) is 5.69 Å². The van der Waals surface area contributed by atoms with E-state index in [0.29, 0.717) is 29.5 Å². The van der Waals surface area contributed by atoms with Crippen LogP contribution in [0, 0.1) is 17.8 Å². The minimum absolute atomic E-state index is 0.294. The minimum Gasteiger partial charge on any atom is -0.456 e. The van der Waals surface area contributed by atoms with Gasteiger partial charge in [0.15, 0.2) is 6.61 Å². The van der Waals surface area contributed by atoms with Crippen LogP contribution < -0.4 is 11.1 Å². The first-order valence-electron chi connectivity index (χ1n) is 8.36. The molecule has 0 spiro atoms. The molecule has 1 aromatic carbocycles. The van der Waals surface area contributed by atoms with Crippen molar-refractivity contribution >= 4 is 23.5 Å². The van der Waals surface area contributed by atoms with E-state index in [9.17, 15) is 14.4 Å². The van der Waals surface area contributed by atoms with E-state index in [1.807, 2.05) is 0 Å². The highest BCUT2D eigenvalue weighted by Crippen LogP contribution is 2.49. The van der Waals surface area contributed by atoms with Crippen molar-refractivity contribution in [2.45, 2.75) is 32.1 Å². The number of benzene rings is 1. The zero-order valence-electron chi connectivity index (χ0n) is 13.5. The summed E-state index contributed by atoms with van der Waals surface area (Å²) in [4.78, 5) is 34.7. The summed E-state index contributed by atoms with van der Waals surface area (Å²) >= 11 is 0. The number of nitrogens with one attached hydrogen (secondary N) is 1. The van der Waals surface area contributed by atoms with E-state index in [2.05, 4.69) is 5.32 Å². The van der Waals surface area contributed by atoms with Crippen molar-refractivity contribution < 1.29 is 19.1 Å². The summed E-state index contributed by atoms with van der Waals surface area (Å²) in [5.41, 5.74) is 6.04. The molecule has 24 heavy (non-hydrogen) atoms. The molecule has 0 saturated heterocycles. The van der Waals surface area contributed by atoms with Crippen molar-refractivity contribution in [1.82, 2.24) is 0 Å². The lowest BCUT2D eigenvalue weighted by molar-refractivity contribution is -0.148. The highest BCUT2D eigenvalue weighted by Gasteiger charge is 2.40. The number of fused-ring (bicyclic) bond motifs is 2. The standard InChI is InChI=1S/C18H22N2O4/c19-18(23)12-3-5-15(6-4-12)20-16(21)10-24-17(22)9-14-8-11-1-2-13(14)7-11/h3-6,11,13-14H,1-2,7-10H2,(H2,19,23)(H,20,21)/t11-,13-,14+/m1/s1. The van der Waals surface area contributed by atoms with Crippen molar-refractivity contribution in [1.29, 1.82) is 0 Å². The number of hydrogen-bond donors (Lipinski definition) is 2. The van der Waals surface area contributed by atoms with Gasteiger partial charge in [0.2, 0.25) is 5.91 Å². The summed E-state index contributed by atoms with van der Waals surface area (Å²) < 4.78 is 5.08. The molecule has 0 unspecified atom stereocenters. The average molecular weight is 330 g/mol. The fraction of sp³-hybridized carbons (Fsp3) is 0.500. The van der Waals surface area contributed by atoms with E-state index in [-0.39, 0.29) is 12.6 Å². The molecule has 2 amide bonds. The number of carbonyl (C=O) groups excluding carboxylic acids is 3. The van der Waals surface area contributed by atoms with Crippen molar-refractivity contribution in [3.63, 3.8) is 0 Å². The molecule has 6 heteroatoms. The Labute approximate surface area is 140 Å². The number of rotatable bonds is 6. The van der Waals surface area contributed by atoms with E-state index in [4.69, 9.17) is 10.5 Å². The van der Waals surface area contributed by atoms with Crippen molar-refractivity contribution in [2.24, 2.45) is 23.5 Å². The summed E-state index contributed by atoms with van der Waals surface area (Å²) in [7, 11) is 0. The topological polar surface area (TPSA) is 98.5 Å². The van der Waals surface area contributed by atoms with Gasteiger partial charge in [-0.1, -0.05) is 6.42 Å². The van der Waals surface area contributed by atoms with Crippen LogP contribution >= 0.6 is 0 Å². The third kappa shape index (κ3) is 3.93. The first kappa shape index (κ1) is 16.5. The Balaban J connectivity index is 1.40. The Bertz CT molecular complexity index is 641. The molecule has 2 aliphatic carbocycles. The largest absolute Gasteiger partial charge is 0.456 e. The monoisotopic (exact) mass is 330 g/mol. The molecule has 3 rings (SSSR count). The fourth-order valence-corrected chi connectivity index (χ4v) is 3.96. The lowest BCUT2D eigenvalue weighted by Crippen LogP contribution is -2.23. The van der Waals surface area contributed by atoms with Crippen LogP contribution in [0.1, 0.15) is 42.5 Å². The summed E-state index contributed by atoms with van der Waals surface area (Å²) in [6, 6.07) is 6.21. The molecular formula is C18H22N2O4. The van der Waals surface area contributed by atoms with Gasteiger partial charge in [0.05, 0.1) is 0 Å². The summed E-state index contributed by atoms with van der Waals surface area (Å²) in [6.07, 6.45) is 5.32. The molecule has 1 aromatic rings. The number of nitrogens with two attached hydrogens (primary N) is 1. The fourth-order valence-electron chi connectivity index (χ4n) is 3.96. The van der Waals surface area contributed by atoms with Gasteiger partial charge < -0.3 is 15.8 Å². The van der Waals surface area contributed by atoms with Gasteiger partial charge in [0.25, 0.3) is 5.91 Å². The lowest BCUT2D eigenvalue weighted by Gasteiger charge is -2.20. The van der Waals surface area contributed by atoms with Crippen molar-refractivity contribution in [2.75, 3.05) is 11.9 Å². The van der Waals surface area contributed by atoms with Crippen LogP contribution in [-0.4, -0.2) is 24.4 Å². The van der Waals surface area contributed by atoms with Gasteiger partial charge in [0, 0.05) is 17.7 Å². The van der Waals surface area contributed by atoms with Gasteiger partial charge in [0.1, 0.15) is 0 Å². The normalized spacial score (nSPS) is 24.6. The summed E-state index contributed by atoms with van der Waals surface area (Å²) in [5, 5.41) is 2.62. The van der Waals surface area contributed by atoms with Crippen LogP contribution in [0.25, 0.3) is 0 Å². The summed E-state index contributed by atoms with van der Waals surface area (Å²) in [5.74, 6) is 0.664. The Morgan fingerprint density at radius 1 is 1.12 bits per heavy atom. The van der Waals surface area contributed by atoms with Crippen molar-refractivity contribution in [3.8, 4) is 0 Å². The quantitative estimate of drug-likeness (QED) is 0.780. The van der Waals surface area contributed by atoms with Gasteiger partial charge in [-0.05, 0) is 61.3 Å². The first-order chi connectivity index (χ1) is 11.5. The van der Waals surface area contributed by atoms with Crippen LogP contribution in [0.2, 0.25) is 0 Å². The Hall–Kier alpha value is -2.37. The number of esters is 1. The summed E-state index contributed by atoms with van der Waals surface area (Å²) in [6.45, 7) is -0.294. The molecule has 0 aliphatic heterocycles. The predicted molar refractivity (Wildman–Crippen MR) is 88.1 cm³/mol. The highest BCUT2D eigenvalue weighted by atomic mass is 16.5. The van der Waals surface area contributed by atoms with E-state index in [0.717, 1.165) is 12.3 Å². The van der Waals surface area contributed by atoms with E-state index in [1.165, 1.54) is 31.4 Å². The second-order valence-electron chi connectivity index (χ2n) is 6.79. The lowest BCUT2D eigenvalue weighted by atomic mass is 9.86. The minimum atomic E-state index is -0.526. The van der Waals surface area contributed by atoms with Gasteiger partial charge in [-0.3, -0.25) is 14.4 Å². The number of amides is 2. The van der Waals surface area contributed by atoms with Gasteiger partial charge in [-0.2, -0.15) is 0 Å². The van der Waals surface area contributed by atoms with E-state index in [1.54, 1.807) is 12.1 Å². The van der Waals surface area contributed by atoms with Crippen LogP contribution in [0.5, 0.6) is 0 Å². The SMILES string of the molecule is NC(=O)c1ccc(NC(=O)COC(=O)C[C@@H]2C[C@@H]3CC[C@@H]2C3)cc1. The molecule has 3 N–H and O–H groups in total. The van der Waals surface area contributed by atoms with Crippen LogP contribution in [-0.2, 0) is 14.3 Å². The number of carbonyl (C=O) groups is 3. The molecule has 2 fully saturated rings. The third-order valence-corrected chi connectivity index (χ3v) is 5.13. The molecule has 0 heterocycles. The number of ether oxygens (including phenoxy) is 1. The van der Waals surface area contributed by atoms with Gasteiger partial charge in [-0.25, -0.2) is 0 Å². The predicted octanol–water partition coefficient (Wildman–Crippen LogP) is 2.09. The Morgan fingerprint density at radius 3 is 2.46 bits per heavy atom. The van der Waals surface area contributed by atoms with Crippen LogP contribution in [0.3, 0.4) is 0 Å². The average Bonchev–Trinajstić information content (AvgIpc) is 3.16. The van der Waals surface area contributed by atoms with Crippen LogP contribution in [0.15, 0.2) is 24.3 Å². The second kappa shape index (κ2) is 7.03. The maximum Gasteiger partial charge on any atom is 0.306 e. The Morgan fingerprint density at radius 2 is 1.88 bits per heavy atom. The molecular weight excluding hydrogens is 308 g/mol. The smallest absolute Gasteiger partial charge is 0.306 e. The zero-order valence-corrected chi connectivity index (χ0v) is 13.5. The zero-order chi connectivity index (χ0) is 17.1. The Kier molecular flexibility index (Phi) is 4.83. The second-order valence-corrected chi connectivity index (χ2v) is 6.79. The number of anilines is 1. The third-order valence-electron chi connectivity index (χ3n) is 5.13. The van der Waals surface area contributed by atoms with Crippen molar-refractivity contribution in [3.05, 3.63) is 29.8 Å². The molecule has 2 bridgehead atoms. The maximum atomic E-state index is 11.9. The number of hydrogen-bond acceptors (Lipinski definition) is 4. The molecule has 6 nitrogen and oxygen atoms in total. The first-order valence-corrected chi connectivity index (χ1v) is 8.36. The maximum absolute atomic E-state index is 11.9. The molecule has 3 atom stereocenters. The molecule has 2 aliphatic rings. The van der Waals surface area contributed by atoms with E-state index >= 15 is 0 Å². The molecule has 0 aromatic heterocycles. The molecule has 2 saturated carbocycles. The van der Waals surface area contributed by atoms with Gasteiger partial charge >= 0.3 is 5.97 Å². The molecule has 128 valence electrons. The van der Waals surface area contributed by atoms with Gasteiger partial charge in [-0.15, -0.1) is 0 Å².